The number of aromatic nitrogens is 4. The molecule has 8 heteroatoms. The van der Waals surface area contributed by atoms with Gasteiger partial charge < -0.3 is 15.0 Å². The summed E-state index contributed by atoms with van der Waals surface area (Å²) in [7, 11) is 0. The van der Waals surface area contributed by atoms with Crippen molar-refractivity contribution < 1.29 is 9.90 Å². The number of rotatable bonds is 2. The molecular formula is C16H15N5O3. The van der Waals surface area contributed by atoms with Gasteiger partial charge in [0.05, 0.1) is 11.9 Å². The van der Waals surface area contributed by atoms with Crippen molar-refractivity contribution in [3.63, 3.8) is 0 Å². The van der Waals surface area contributed by atoms with Crippen molar-refractivity contribution in [3.05, 3.63) is 57.4 Å². The minimum Gasteiger partial charge on any atom is -0.476 e. The quantitative estimate of drug-likeness (QED) is 0.728. The van der Waals surface area contributed by atoms with E-state index in [4.69, 9.17) is 5.11 Å². The topological polar surface area (TPSA) is 104 Å². The van der Waals surface area contributed by atoms with Gasteiger partial charge in [0, 0.05) is 30.9 Å². The molecule has 0 saturated carbocycles. The Morgan fingerprint density at radius 2 is 2.25 bits per heavy atom. The fraction of sp³-hybridized carbons (Fsp3) is 0.250. The van der Waals surface area contributed by atoms with Gasteiger partial charge in [0.25, 0.3) is 5.56 Å². The van der Waals surface area contributed by atoms with E-state index >= 15 is 0 Å². The van der Waals surface area contributed by atoms with Gasteiger partial charge >= 0.3 is 5.97 Å². The molecule has 4 rings (SSSR count). The lowest BCUT2D eigenvalue weighted by Gasteiger charge is -2.29. The zero-order valence-corrected chi connectivity index (χ0v) is 13.0. The van der Waals surface area contributed by atoms with Crippen LogP contribution in [0.4, 0.5) is 5.82 Å². The molecule has 0 saturated heterocycles. The molecule has 1 aliphatic heterocycles. The van der Waals surface area contributed by atoms with Gasteiger partial charge in [-0.15, -0.1) is 0 Å². The van der Waals surface area contributed by atoms with Crippen LogP contribution in [-0.2, 0) is 13.0 Å². The first-order chi connectivity index (χ1) is 11.5. The van der Waals surface area contributed by atoms with Crippen LogP contribution in [0.3, 0.4) is 0 Å². The Bertz CT molecular complexity index is 1020. The maximum atomic E-state index is 11.9. The lowest BCUT2D eigenvalue weighted by molar-refractivity contribution is 0.0690. The molecule has 3 aromatic heterocycles. The number of carbonyl (C=O) groups is 1. The van der Waals surface area contributed by atoms with Crippen LogP contribution < -0.4 is 10.5 Å². The number of hydrogen-bond donors (Lipinski definition) is 2. The third-order valence-electron chi connectivity index (χ3n) is 4.23. The summed E-state index contributed by atoms with van der Waals surface area (Å²) in [6.07, 6.45) is 3.96. The summed E-state index contributed by atoms with van der Waals surface area (Å²) in [5, 5.41) is 13.3. The number of carboxylic acid groups (broad SMARTS) is 1. The van der Waals surface area contributed by atoms with Crippen molar-refractivity contribution in [3.8, 4) is 0 Å². The molecule has 0 atom stereocenters. The van der Waals surface area contributed by atoms with Crippen LogP contribution in [0.2, 0.25) is 0 Å². The van der Waals surface area contributed by atoms with Gasteiger partial charge in [-0.25, -0.2) is 14.3 Å². The number of carboxylic acids is 1. The number of anilines is 1. The number of pyridine rings is 1. The average Bonchev–Trinajstić information content (AvgIpc) is 2.98. The number of nitrogens with zero attached hydrogens (tertiary/aromatic N) is 4. The van der Waals surface area contributed by atoms with E-state index in [1.54, 1.807) is 16.9 Å². The summed E-state index contributed by atoms with van der Waals surface area (Å²) >= 11 is 0. The summed E-state index contributed by atoms with van der Waals surface area (Å²) in [6.45, 7) is 3.03. The minimum atomic E-state index is -1.07. The second-order valence-electron chi connectivity index (χ2n) is 5.85. The monoisotopic (exact) mass is 325 g/mol. The van der Waals surface area contributed by atoms with Crippen molar-refractivity contribution in [1.29, 1.82) is 0 Å². The molecule has 4 heterocycles. The molecule has 8 nitrogen and oxygen atoms in total. The Kier molecular flexibility index (Phi) is 3.12. The van der Waals surface area contributed by atoms with Gasteiger partial charge in [0.2, 0.25) is 0 Å². The highest BCUT2D eigenvalue weighted by Crippen LogP contribution is 2.26. The zero-order chi connectivity index (χ0) is 16.8. The summed E-state index contributed by atoms with van der Waals surface area (Å²) < 4.78 is 1.55. The summed E-state index contributed by atoms with van der Waals surface area (Å²) in [5.74, 6) is -0.390. The molecule has 2 N–H and O–H groups in total. The van der Waals surface area contributed by atoms with E-state index in [0.717, 1.165) is 16.8 Å². The van der Waals surface area contributed by atoms with Gasteiger partial charge in [-0.3, -0.25) is 4.79 Å². The fourth-order valence-corrected chi connectivity index (χ4v) is 3.11. The van der Waals surface area contributed by atoms with E-state index in [-0.39, 0.29) is 11.3 Å². The SMILES string of the molecule is Cc1cn2nc(C(=O)O)cc2c(N2CCc3c(cc[nH]c3=O)C2)n1. The highest BCUT2D eigenvalue weighted by molar-refractivity contribution is 5.88. The number of aromatic carboxylic acids is 1. The molecule has 0 aromatic carbocycles. The van der Waals surface area contributed by atoms with E-state index in [2.05, 4.69) is 20.0 Å². The van der Waals surface area contributed by atoms with E-state index < -0.39 is 5.97 Å². The van der Waals surface area contributed by atoms with Crippen LogP contribution in [-0.4, -0.2) is 37.2 Å². The lowest BCUT2D eigenvalue weighted by atomic mass is 10.0. The van der Waals surface area contributed by atoms with Crippen LogP contribution in [0.5, 0.6) is 0 Å². The molecule has 0 radical (unpaired) electrons. The van der Waals surface area contributed by atoms with Crippen LogP contribution >= 0.6 is 0 Å². The van der Waals surface area contributed by atoms with Crippen LogP contribution in [0.25, 0.3) is 5.52 Å². The summed E-state index contributed by atoms with van der Waals surface area (Å²) in [4.78, 5) is 32.4. The Labute approximate surface area is 136 Å². The standard InChI is InChI=1S/C16H15N5O3/c1-9-7-21-13(6-12(19-21)16(23)24)14(18-9)20-5-3-11-10(8-20)2-4-17-15(11)22/h2,4,6-7H,3,5,8H2,1H3,(H,17,22)(H,23,24). The van der Waals surface area contributed by atoms with Crippen LogP contribution in [0.1, 0.15) is 27.3 Å². The van der Waals surface area contributed by atoms with Crippen molar-refractivity contribution in [2.45, 2.75) is 19.9 Å². The van der Waals surface area contributed by atoms with Crippen LogP contribution in [0.15, 0.2) is 29.3 Å². The number of aryl methyl sites for hydroxylation is 1. The molecule has 0 amide bonds. The Hall–Kier alpha value is -3.16. The van der Waals surface area contributed by atoms with E-state index in [0.29, 0.717) is 30.8 Å². The van der Waals surface area contributed by atoms with Crippen molar-refractivity contribution in [2.75, 3.05) is 11.4 Å². The third kappa shape index (κ3) is 2.23. The van der Waals surface area contributed by atoms with E-state index in [1.165, 1.54) is 6.07 Å². The minimum absolute atomic E-state index is 0.0162. The van der Waals surface area contributed by atoms with Gasteiger partial charge in [-0.05, 0) is 25.0 Å². The third-order valence-corrected chi connectivity index (χ3v) is 4.23. The zero-order valence-electron chi connectivity index (χ0n) is 13.0. The summed E-state index contributed by atoms with van der Waals surface area (Å²) in [5.41, 5.74) is 3.09. The Morgan fingerprint density at radius 3 is 3.04 bits per heavy atom. The van der Waals surface area contributed by atoms with Crippen molar-refractivity contribution >= 4 is 17.3 Å². The molecular weight excluding hydrogens is 310 g/mol. The summed E-state index contributed by atoms with van der Waals surface area (Å²) in [6, 6.07) is 3.42. The number of nitrogens with one attached hydrogen (secondary N) is 1. The van der Waals surface area contributed by atoms with Crippen molar-refractivity contribution in [2.24, 2.45) is 0 Å². The van der Waals surface area contributed by atoms with Crippen molar-refractivity contribution in [1.82, 2.24) is 19.6 Å². The number of H-pyrrole nitrogens is 1. The first kappa shape index (κ1) is 14.4. The molecule has 1 aliphatic rings. The predicted octanol–water partition coefficient (Wildman–Crippen LogP) is 0.987. The molecule has 0 unspecified atom stereocenters. The molecule has 3 aromatic rings. The maximum absolute atomic E-state index is 11.9. The maximum Gasteiger partial charge on any atom is 0.356 e. The number of fused-ring (bicyclic) bond motifs is 2. The van der Waals surface area contributed by atoms with Gasteiger partial charge in [0.1, 0.15) is 5.52 Å². The molecule has 0 bridgehead atoms. The molecule has 0 aliphatic carbocycles. The fourth-order valence-electron chi connectivity index (χ4n) is 3.11. The highest BCUT2D eigenvalue weighted by atomic mass is 16.4. The molecule has 122 valence electrons. The van der Waals surface area contributed by atoms with Crippen LogP contribution in [0, 0.1) is 6.92 Å². The first-order valence-electron chi connectivity index (χ1n) is 7.57. The predicted molar refractivity (Wildman–Crippen MR) is 86.5 cm³/mol. The molecule has 0 fully saturated rings. The first-order valence-corrected chi connectivity index (χ1v) is 7.57. The van der Waals surface area contributed by atoms with Gasteiger partial charge in [-0.2, -0.15) is 5.10 Å². The molecule has 24 heavy (non-hydrogen) atoms. The Morgan fingerprint density at radius 1 is 1.42 bits per heavy atom. The van der Waals surface area contributed by atoms with E-state index in [1.807, 2.05) is 13.0 Å². The van der Waals surface area contributed by atoms with E-state index in [9.17, 15) is 9.59 Å². The lowest BCUT2D eigenvalue weighted by Crippen LogP contribution is -2.34. The largest absolute Gasteiger partial charge is 0.476 e. The highest BCUT2D eigenvalue weighted by Gasteiger charge is 2.23. The average molecular weight is 325 g/mol. The second kappa shape index (κ2) is 5.19. The van der Waals surface area contributed by atoms with Gasteiger partial charge in [0.15, 0.2) is 11.5 Å². The smallest absolute Gasteiger partial charge is 0.356 e. The number of hydrogen-bond acceptors (Lipinski definition) is 5. The van der Waals surface area contributed by atoms with Gasteiger partial charge in [-0.1, -0.05) is 0 Å². The Balaban J connectivity index is 1.82. The number of aromatic amines is 1. The normalized spacial score (nSPS) is 14.0. The second-order valence-corrected chi connectivity index (χ2v) is 5.85. The molecule has 0 spiro atoms.